The van der Waals surface area contributed by atoms with Crippen LogP contribution in [-0.2, 0) is 7.05 Å². The summed E-state index contributed by atoms with van der Waals surface area (Å²) >= 11 is 1.77. The summed E-state index contributed by atoms with van der Waals surface area (Å²) in [4.78, 5) is 9.82. The summed E-state index contributed by atoms with van der Waals surface area (Å²) in [6.07, 6.45) is 0.671. The van der Waals surface area contributed by atoms with Gasteiger partial charge in [-0.3, -0.25) is 4.57 Å². The lowest BCUT2D eigenvalue weighted by molar-refractivity contribution is 0.402. The SMILES string of the molecule is Cn1c(-c2cccc(C(F)c3cccc(-n4c5ccccc5c5c6c(cnc54)sc4ccccc46)c3)c2)nc2ccccc21. The van der Waals surface area contributed by atoms with E-state index in [9.17, 15) is 0 Å². The zero-order valence-corrected chi connectivity index (χ0v) is 24.6. The van der Waals surface area contributed by atoms with Crippen molar-refractivity contribution in [3.63, 3.8) is 0 Å². The van der Waals surface area contributed by atoms with Crippen molar-refractivity contribution in [3.8, 4) is 17.1 Å². The minimum atomic E-state index is -1.31. The number of rotatable bonds is 4. The lowest BCUT2D eigenvalue weighted by atomic mass is 10.00. The number of aryl methyl sites for hydroxylation is 1. The Morgan fingerprint density at radius 1 is 0.682 bits per heavy atom. The summed E-state index contributed by atoms with van der Waals surface area (Å²) in [5, 5.41) is 4.74. The van der Waals surface area contributed by atoms with Crippen molar-refractivity contribution >= 4 is 64.5 Å². The number of thiophene rings is 1. The predicted octanol–water partition coefficient (Wildman–Crippen LogP) is 10.2. The van der Waals surface area contributed by atoms with E-state index in [2.05, 4.69) is 63.7 Å². The summed E-state index contributed by atoms with van der Waals surface area (Å²) in [7, 11) is 2.00. The van der Waals surface area contributed by atoms with Gasteiger partial charge in [0.25, 0.3) is 0 Å². The molecule has 4 heterocycles. The van der Waals surface area contributed by atoms with Crippen molar-refractivity contribution in [1.82, 2.24) is 19.1 Å². The van der Waals surface area contributed by atoms with Crippen molar-refractivity contribution in [3.05, 3.63) is 139 Å². The van der Waals surface area contributed by atoms with Crippen LogP contribution in [-0.4, -0.2) is 19.1 Å². The molecule has 0 amide bonds. The van der Waals surface area contributed by atoms with Gasteiger partial charge in [0, 0.05) is 50.7 Å². The van der Waals surface area contributed by atoms with Crippen molar-refractivity contribution < 1.29 is 4.39 Å². The monoisotopic (exact) mass is 588 g/mol. The molecule has 0 aliphatic carbocycles. The fourth-order valence-electron chi connectivity index (χ4n) is 6.64. The Labute approximate surface area is 256 Å². The Morgan fingerprint density at radius 3 is 2.27 bits per heavy atom. The second kappa shape index (κ2) is 9.59. The molecule has 0 saturated heterocycles. The van der Waals surface area contributed by atoms with Crippen LogP contribution in [0.1, 0.15) is 17.3 Å². The number of fused-ring (bicyclic) bond motifs is 8. The van der Waals surface area contributed by atoms with Gasteiger partial charge in [0.1, 0.15) is 11.5 Å². The van der Waals surface area contributed by atoms with Gasteiger partial charge < -0.3 is 4.57 Å². The van der Waals surface area contributed by atoms with Crippen LogP contribution in [0, 0.1) is 0 Å². The van der Waals surface area contributed by atoms with Crippen molar-refractivity contribution in [1.29, 1.82) is 0 Å². The maximum absolute atomic E-state index is 16.4. The van der Waals surface area contributed by atoms with Gasteiger partial charge in [0.15, 0.2) is 6.17 Å². The number of hydrogen-bond donors (Lipinski definition) is 0. The van der Waals surface area contributed by atoms with Crippen LogP contribution in [0.25, 0.3) is 70.2 Å². The summed E-state index contributed by atoms with van der Waals surface area (Å²) < 4.78 is 23.1. The Morgan fingerprint density at radius 2 is 1.41 bits per heavy atom. The highest BCUT2D eigenvalue weighted by molar-refractivity contribution is 7.26. The normalized spacial score (nSPS) is 12.7. The Balaban J connectivity index is 1.19. The second-order valence-electron chi connectivity index (χ2n) is 11.2. The van der Waals surface area contributed by atoms with Crippen LogP contribution in [0.3, 0.4) is 0 Å². The van der Waals surface area contributed by atoms with Gasteiger partial charge >= 0.3 is 0 Å². The first-order valence-electron chi connectivity index (χ1n) is 14.6. The third-order valence-corrected chi connectivity index (χ3v) is 9.78. The number of imidazole rings is 1. The summed E-state index contributed by atoms with van der Waals surface area (Å²) in [5.41, 5.74) is 6.86. The average Bonchev–Trinajstić information content (AvgIpc) is 3.73. The van der Waals surface area contributed by atoms with Crippen LogP contribution in [0.2, 0.25) is 0 Å². The Bertz CT molecular complexity index is 2550. The molecule has 0 saturated carbocycles. The van der Waals surface area contributed by atoms with Gasteiger partial charge in [-0.1, -0.05) is 78.9 Å². The van der Waals surface area contributed by atoms with Crippen molar-refractivity contribution in [2.75, 3.05) is 0 Å². The van der Waals surface area contributed by atoms with Crippen molar-refractivity contribution in [2.24, 2.45) is 7.05 Å². The first kappa shape index (κ1) is 25.2. The minimum absolute atomic E-state index is 0.595. The molecule has 0 N–H and O–H groups in total. The van der Waals surface area contributed by atoms with Gasteiger partial charge in [0.05, 0.1) is 21.3 Å². The molecule has 0 aliphatic heterocycles. The number of nitrogens with zero attached hydrogens (tertiary/aromatic N) is 4. The molecule has 44 heavy (non-hydrogen) atoms. The molecule has 9 aromatic rings. The van der Waals surface area contributed by atoms with Crippen LogP contribution in [0.4, 0.5) is 4.39 Å². The van der Waals surface area contributed by atoms with Gasteiger partial charge in [-0.05, 0) is 53.6 Å². The van der Waals surface area contributed by atoms with Gasteiger partial charge in [-0.25, -0.2) is 14.4 Å². The van der Waals surface area contributed by atoms with E-state index < -0.39 is 6.17 Å². The number of alkyl halides is 1. The quantitative estimate of drug-likeness (QED) is 0.205. The van der Waals surface area contributed by atoms with Crippen LogP contribution in [0.5, 0.6) is 0 Å². The molecule has 0 spiro atoms. The number of aromatic nitrogens is 4. The number of benzene rings is 5. The van der Waals surface area contributed by atoms with E-state index in [1.165, 1.54) is 20.2 Å². The van der Waals surface area contributed by atoms with E-state index in [0.717, 1.165) is 50.0 Å². The van der Waals surface area contributed by atoms with E-state index in [0.29, 0.717) is 11.1 Å². The van der Waals surface area contributed by atoms with E-state index >= 15 is 4.39 Å². The molecule has 0 aliphatic rings. The number of halogens is 1. The van der Waals surface area contributed by atoms with Crippen molar-refractivity contribution in [2.45, 2.75) is 6.17 Å². The third kappa shape index (κ3) is 3.68. The Kier molecular flexibility index (Phi) is 5.49. The highest BCUT2D eigenvalue weighted by Gasteiger charge is 2.21. The zero-order valence-electron chi connectivity index (χ0n) is 23.8. The smallest absolute Gasteiger partial charge is 0.150 e. The summed E-state index contributed by atoms with van der Waals surface area (Å²) in [5.74, 6) is 0.817. The van der Waals surface area contributed by atoms with Gasteiger partial charge in [-0.15, -0.1) is 11.3 Å². The number of pyridine rings is 1. The first-order valence-corrected chi connectivity index (χ1v) is 15.4. The second-order valence-corrected chi connectivity index (χ2v) is 12.3. The highest BCUT2D eigenvalue weighted by atomic mass is 32.1. The molecular weight excluding hydrogens is 564 g/mol. The predicted molar refractivity (Wildman–Crippen MR) is 181 cm³/mol. The molecule has 4 aromatic heterocycles. The molecule has 6 heteroatoms. The minimum Gasteiger partial charge on any atom is -0.327 e. The molecular formula is C38H25FN4S. The van der Waals surface area contributed by atoms with E-state index in [-0.39, 0.29) is 0 Å². The molecule has 0 radical (unpaired) electrons. The van der Waals surface area contributed by atoms with Crippen LogP contribution >= 0.6 is 11.3 Å². The Hall–Kier alpha value is -5.33. The molecule has 210 valence electrons. The fraction of sp³-hybridized carbons (Fsp3) is 0.0526. The third-order valence-electron chi connectivity index (χ3n) is 8.67. The number of para-hydroxylation sites is 3. The van der Waals surface area contributed by atoms with Gasteiger partial charge in [0.2, 0.25) is 0 Å². The first-order chi connectivity index (χ1) is 21.7. The van der Waals surface area contributed by atoms with E-state index in [4.69, 9.17) is 9.97 Å². The molecule has 1 atom stereocenters. The standard InChI is InChI=1S/C38H25FN4S/c1-42-31-18-6-4-16-29(31)41-37(42)25-12-8-10-23(20-25)36(39)24-11-9-13-26(21-24)43-30-17-5-2-14-27(30)35-34-28-15-3-7-19-32(28)44-33(34)22-40-38(35)43/h2-22,36H,1H3. The molecule has 1 unspecified atom stereocenters. The zero-order chi connectivity index (χ0) is 29.4. The van der Waals surface area contributed by atoms with Gasteiger partial charge in [-0.2, -0.15) is 0 Å². The topological polar surface area (TPSA) is 35.6 Å². The summed E-state index contributed by atoms with van der Waals surface area (Å²) in [6.45, 7) is 0. The van der Waals surface area contributed by atoms with Crippen LogP contribution in [0.15, 0.2) is 128 Å². The van der Waals surface area contributed by atoms with E-state index in [1.807, 2.05) is 80.0 Å². The van der Waals surface area contributed by atoms with Crippen LogP contribution < -0.4 is 0 Å². The molecule has 0 fully saturated rings. The highest BCUT2D eigenvalue weighted by Crippen LogP contribution is 2.42. The average molecular weight is 589 g/mol. The molecule has 0 bridgehead atoms. The molecule has 4 nitrogen and oxygen atoms in total. The lowest BCUT2D eigenvalue weighted by Crippen LogP contribution is -2.00. The molecule has 5 aromatic carbocycles. The number of hydrogen-bond acceptors (Lipinski definition) is 3. The maximum Gasteiger partial charge on any atom is 0.150 e. The fourth-order valence-corrected chi connectivity index (χ4v) is 7.73. The maximum atomic E-state index is 16.4. The molecule has 9 rings (SSSR count). The van der Waals surface area contributed by atoms with E-state index in [1.54, 1.807) is 11.3 Å². The lowest BCUT2D eigenvalue weighted by Gasteiger charge is -2.14. The largest absolute Gasteiger partial charge is 0.327 e. The summed E-state index contributed by atoms with van der Waals surface area (Å²) in [6, 6.07) is 40.4.